The van der Waals surface area contributed by atoms with Gasteiger partial charge in [0.2, 0.25) is 0 Å². The van der Waals surface area contributed by atoms with Gasteiger partial charge < -0.3 is 10.6 Å². The molecule has 0 radical (unpaired) electrons. The van der Waals surface area contributed by atoms with E-state index < -0.39 is 0 Å². The van der Waals surface area contributed by atoms with Crippen molar-refractivity contribution < 1.29 is 0 Å². The zero-order valence-electron chi connectivity index (χ0n) is 10.8. The van der Waals surface area contributed by atoms with E-state index in [9.17, 15) is 0 Å². The Morgan fingerprint density at radius 1 is 1.18 bits per heavy atom. The maximum Gasteiger partial charge on any atom is 0.133 e. The van der Waals surface area contributed by atoms with Gasteiger partial charge in [-0.2, -0.15) is 0 Å². The maximum atomic E-state index is 4.55. The van der Waals surface area contributed by atoms with E-state index in [4.69, 9.17) is 0 Å². The van der Waals surface area contributed by atoms with Crippen LogP contribution in [0.2, 0.25) is 0 Å². The molecule has 0 aromatic carbocycles. The van der Waals surface area contributed by atoms with Crippen LogP contribution in [0.25, 0.3) is 0 Å². The van der Waals surface area contributed by atoms with Gasteiger partial charge in [-0.1, -0.05) is 13.8 Å². The van der Waals surface area contributed by atoms with Crippen LogP contribution in [0.3, 0.4) is 0 Å². The fraction of sp³-hybridized carbons (Fsp3) is 0.692. The maximum absolute atomic E-state index is 4.55. The highest BCUT2D eigenvalue weighted by Crippen LogP contribution is 2.24. The van der Waals surface area contributed by atoms with Crippen molar-refractivity contribution in [2.75, 3.05) is 17.2 Å². The third-order valence-electron chi connectivity index (χ3n) is 2.73. The molecule has 0 spiro atoms. The first-order valence-electron chi connectivity index (χ1n) is 6.70. The van der Waals surface area contributed by atoms with Crippen LogP contribution in [-0.2, 0) is 6.42 Å². The van der Waals surface area contributed by atoms with Crippen molar-refractivity contribution in [1.29, 1.82) is 0 Å². The average Bonchev–Trinajstić information content (AvgIpc) is 3.10. The summed E-state index contributed by atoms with van der Waals surface area (Å²) in [6, 6.07) is 2.66. The van der Waals surface area contributed by atoms with Crippen molar-refractivity contribution in [3.63, 3.8) is 0 Å². The van der Waals surface area contributed by atoms with Gasteiger partial charge in [0.25, 0.3) is 0 Å². The van der Waals surface area contributed by atoms with Crippen LogP contribution in [0.1, 0.15) is 45.4 Å². The average molecular weight is 234 g/mol. The van der Waals surface area contributed by atoms with Gasteiger partial charge >= 0.3 is 0 Å². The third kappa shape index (κ3) is 3.88. The largest absolute Gasteiger partial charge is 0.370 e. The number of nitrogens with one attached hydrogen (secondary N) is 2. The highest BCUT2D eigenvalue weighted by atomic mass is 15.1. The van der Waals surface area contributed by atoms with Gasteiger partial charge in [-0.05, 0) is 25.7 Å². The SMILES string of the molecule is CCCNc1cc(NC2CC2)nc(CCC)n1. The van der Waals surface area contributed by atoms with Gasteiger partial charge in [-0.3, -0.25) is 0 Å². The van der Waals surface area contributed by atoms with Gasteiger partial charge in [-0.25, -0.2) is 9.97 Å². The predicted molar refractivity (Wildman–Crippen MR) is 71.5 cm³/mol. The summed E-state index contributed by atoms with van der Waals surface area (Å²) in [4.78, 5) is 9.08. The Bertz CT molecular complexity index is 360. The fourth-order valence-electron chi connectivity index (χ4n) is 1.69. The molecular weight excluding hydrogens is 212 g/mol. The molecule has 0 bridgehead atoms. The van der Waals surface area contributed by atoms with Crippen molar-refractivity contribution in [2.24, 2.45) is 0 Å². The van der Waals surface area contributed by atoms with Gasteiger partial charge in [0.15, 0.2) is 0 Å². The van der Waals surface area contributed by atoms with E-state index in [1.807, 2.05) is 6.07 Å². The van der Waals surface area contributed by atoms with E-state index in [2.05, 4.69) is 34.4 Å². The van der Waals surface area contributed by atoms with Crippen LogP contribution in [0.5, 0.6) is 0 Å². The first-order valence-corrected chi connectivity index (χ1v) is 6.70. The van der Waals surface area contributed by atoms with Crippen molar-refractivity contribution in [3.05, 3.63) is 11.9 Å². The lowest BCUT2D eigenvalue weighted by Gasteiger charge is -2.10. The number of nitrogens with zero attached hydrogens (tertiary/aromatic N) is 2. The number of rotatable bonds is 7. The monoisotopic (exact) mass is 234 g/mol. The third-order valence-corrected chi connectivity index (χ3v) is 2.73. The van der Waals surface area contributed by atoms with Crippen LogP contribution >= 0.6 is 0 Å². The summed E-state index contributed by atoms with van der Waals surface area (Å²) >= 11 is 0. The lowest BCUT2D eigenvalue weighted by molar-refractivity contribution is 0.831. The first kappa shape index (κ1) is 12.1. The normalized spacial score (nSPS) is 14.7. The van der Waals surface area contributed by atoms with Crippen molar-refractivity contribution in [1.82, 2.24) is 9.97 Å². The summed E-state index contributed by atoms with van der Waals surface area (Å²) in [5, 5.41) is 6.78. The topological polar surface area (TPSA) is 49.8 Å². The number of hydrogen-bond donors (Lipinski definition) is 2. The molecular formula is C13H22N4. The predicted octanol–water partition coefficient (Wildman–Crippen LogP) is 2.83. The zero-order valence-corrected chi connectivity index (χ0v) is 10.8. The molecule has 17 heavy (non-hydrogen) atoms. The minimum atomic E-state index is 0.637. The van der Waals surface area contributed by atoms with Crippen LogP contribution in [0.15, 0.2) is 6.07 Å². The van der Waals surface area contributed by atoms with E-state index in [0.717, 1.165) is 43.3 Å². The molecule has 0 amide bonds. The molecule has 0 aliphatic heterocycles. The molecule has 4 heteroatoms. The Morgan fingerprint density at radius 3 is 2.59 bits per heavy atom. The first-order chi connectivity index (χ1) is 8.31. The minimum Gasteiger partial charge on any atom is -0.370 e. The molecule has 1 heterocycles. The van der Waals surface area contributed by atoms with E-state index >= 15 is 0 Å². The second-order valence-electron chi connectivity index (χ2n) is 4.65. The standard InChI is InChI=1S/C13H22N4/c1-3-5-11-16-12(14-8-4-2)9-13(17-11)15-10-6-7-10/h9-10H,3-8H2,1-2H3,(H2,14,15,16,17). The zero-order chi connectivity index (χ0) is 12.1. The molecule has 1 aromatic rings. The summed E-state index contributed by atoms with van der Waals surface area (Å²) in [7, 11) is 0. The quantitative estimate of drug-likeness (QED) is 0.761. The van der Waals surface area contributed by atoms with Gasteiger partial charge in [0, 0.05) is 25.1 Å². The van der Waals surface area contributed by atoms with E-state index in [1.165, 1.54) is 12.8 Å². The molecule has 94 valence electrons. The lowest BCUT2D eigenvalue weighted by atomic mass is 10.3. The molecule has 1 aliphatic rings. The van der Waals surface area contributed by atoms with Crippen molar-refractivity contribution >= 4 is 11.6 Å². The Kier molecular flexibility index (Phi) is 4.18. The number of anilines is 2. The minimum absolute atomic E-state index is 0.637. The highest BCUT2D eigenvalue weighted by Gasteiger charge is 2.21. The van der Waals surface area contributed by atoms with Crippen LogP contribution in [-0.4, -0.2) is 22.6 Å². The fourth-order valence-corrected chi connectivity index (χ4v) is 1.69. The van der Waals surface area contributed by atoms with E-state index in [1.54, 1.807) is 0 Å². The Balaban J connectivity index is 2.08. The number of aryl methyl sites for hydroxylation is 1. The number of aromatic nitrogens is 2. The smallest absolute Gasteiger partial charge is 0.133 e. The molecule has 1 aromatic heterocycles. The summed E-state index contributed by atoms with van der Waals surface area (Å²) in [6.07, 6.45) is 5.68. The number of hydrogen-bond acceptors (Lipinski definition) is 4. The lowest BCUT2D eigenvalue weighted by Crippen LogP contribution is -2.09. The second-order valence-corrected chi connectivity index (χ2v) is 4.65. The molecule has 1 fully saturated rings. The Hall–Kier alpha value is -1.32. The second kappa shape index (κ2) is 5.84. The van der Waals surface area contributed by atoms with Gasteiger partial charge in [0.05, 0.1) is 0 Å². The van der Waals surface area contributed by atoms with Crippen LogP contribution < -0.4 is 10.6 Å². The Labute approximate surface area is 103 Å². The molecule has 2 N–H and O–H groups in total. The van der Waals surface area contributed by atoms with Crippen molar-refractivity contribution in [2.45, 2.75) is 52.0 Å². The molecule has 0 saturated heterocycles. The summed E-state index contributed by atoms with van der Waals surface area (Å²) in [5.41, 5.74) is 0. The molecule has 1 saturated carbocycles. The van der Waals surface area contributed by atoms with E-state index in [0.29, 0.717) is 6.04 Å². The molecule has 4 nitrogen and oxygen atoms in total. The van der Waals surface area contributed by atoms with Crippen molar-refractivity contribution in [3.8, 4) is 0 Å². The molecule has 2 rings (SSSR count). The Morgan fingerprint density at radius 2 is 1.94 bits per heavy atom. The van der Waals surface area contributed by atoms with Crippen LogP contribution in [0, 0.1) is 0 Å². The summed E-state index contributed by atoms with van der Waals surface area (Å²) < 4.78 is 0. The van der Waals surface area contributed by atoms with E-state index in [-0.39, 0.29) is 0 Å². The van der Waals surface area contributed by atoms with Gasteiger partial charge in [0.1, 0.15) is 17.5 Å². The molecule has 0 atom stereocenters. The molecule has 0 unspecified atom stereocenters. The van der Waals surface area contributed by atoms with Crippen LogP contribution in [0.4, 0.5) is 11.6 Å². The summed E-state index contributed by atoms with van der Waals surface area (Å²) in [5.74, 6) is 2.87. The molecule has 1 aliphatic carbocycles. The summed E-state index contributed by atoms with van der Waals surface area (Å²) in [6.45, 7) is 5.28. The van der Waals surface area contributed by atoms with Gasteiger partial charge in [-0.15, -0.1) is 0 Å². The highest BCUT2D eigenvalue weighted by molar-refractivity contribution is 5.48.